The summed E-state index contributed by atoms with van der Waals surface area (Å²) in [5, 5.41) is 16.1. The number of carbonyl (C=O) groups is 2. The predicted octanol–water partition coefficient (Wildman–Crippen LogP) is -5.22. The summed E-state index contributed by atoms with van der Waals surface area (Å²) in [6.45, 7) is 6.00. The molecule has 0 aliphatic rings. The minimum atomic E-state index is -4.27. The monoisotopic (exact) mass is 462 g/mol. The Hall–Kier alpha value is 2.42. The van der Waals surface area contributed by atoms with Crippen LogP contribution in [0.3, 0.4) is 0 Å². The summed E-state index contributed by atoms with van der Waals surface area (Å²) in [5.74, 6) is -4.83. The molecule has 0 fully saturated rings. The Labute approximate surface area is 240 Å². The van der Waals surface area contributed by atoms with Crippen molar-refractivity contribution in [3.8, 4) is 0 Å². The van der Waals surface area contributed by atoms with Crippen molar-refractivity contribution in [3.05, 3.63) is 13.2 Å². The Morgan fingerprint density at radius 2 is 0.885 bits per heavy atom. The maximum atomic E-state index is 9.96. The predicted molar refractivity (Wildman–Crippen MR) is 104 cm³/mol. The Morgan fingerprint density at radius 3 is 0.923 bits per heavy atom. The van der Waals surface area contributed by atoms with Gasteiger partial charge in [0.2, 0.25) is 0 Å². The average Bonchev–Trinajstić information content (AvgIpc) is 2.27. The molecule has 0 aliphatic heterocycles. The van der Waals surface area contributed by atoms with Crippen LogP contribution in [0.2, 0.25) is 0 Å². The van der Waals surface area contributed by atoms with E-state index in [2.05, 4.69) is 13.2 Å². The van der Waals surface area contributed by atoms with E-state index in [0.29, 0.717) is 0 Å². The van der Waals surface area contributed by atoms with Crippen molar-refractivity contribution >= 4 is 150 Å². The Bertz CT molecular complexity index is 522. The number of hydrogen-bond acceptors (Lipinski definition) is 8. The van der Waals surface area contributed by atoms with Crippen LogP contribution in [0.15, 0.2) is 13.2 Å². The first kappa shape index (κ1) is 46.6. The number of carboxylic acid groups (broad SMARTS) is 2. The van der Waals surface area contributed by atoms with Gasteiger partial charge in [-0.15, -0.1) is 13.2 Å². The first-order valence-corrected chi connectivity index (χ1v) is 8.24. The first-order valence-electron chi connectivity index (χ1n) is 5.03. The van der Waals surface area contributed by atoms with Gasteiger partial charge in [0, 0.05) is 0 Å². The van der Waals surface area contributed by atoms with Crippen LogP contribution < -0.4 is 11.5 Å². The van der Waals surface area contributed by atoms with Gasteiger partial charge in [-0.1, -0.05) is 0 Å². The van der Waals surface area contributed by atoms with Crippen LogP contribution in [0.5, 0.6) is 0 Å². The fourth-order valence-electron chi connectivity index (χ4n) is 0.596. The van der Waals surface area contributed by atoms with Crippen molar-refractivity contribution in [1.82, 2.24) is 0 Å². The summed E-state index contributed by atoms with van der Waals surface area (Å²) in [7, 11) is -8.55. The Kier molecular flexibility index (Phi) is 42.4. The molecule has 26 heavy (non-hydrogen) atoms. The van der Waals surface area contributed by atoms with Crippen LogP contribution in [0, 0.1) is 0 Å². The molecule has 140 valence electrons. The molecule has 2 atom stereocenters. The van der Waals surface area contributed by atoms with Crippen molar-refractivity contribution in [2.24, 2.45) is 11.5 Å². The molecule has 0 saturated heterocycles. The third-order valence-corrected chi connectivity index (χ3v) is 2.98. The number of rotatable bonds is 6. The van der Waals surface area contributed by atoms with E-state index in [1.807, 2.05) is 0 Å². The fourth-order valence-corrected chi connectivity index (χ4v) is 1.79. The Balaban J connectivity index is -0.0000000443. The van der Waals surface area contributed by atoms with Gasteiger partial charge in [-0.3, -0.25) is 18.7 Å². The topological polar surface area (TPSA) is 235 Å². The zero-order valence-electron chi connectivity index (χ0n) is 11.2. The summed E-state index contributed by atoms with van der Waals surface area (Å²) in [6.07, 6.45) is 0. The number of aliphatic carboxylic acids is 2. The van der Waals surface area contributed by atoms with Crippen LogP contribution >= 0.6 is 0 Å². The normalized spacial score (nSPS) is 11.4. The van der Waals surface area contributed by atoms with E-state index in [1.165, 1.54) is 0 Å². The minimum absolute atomic E-state index is 0. The molecular weight excluding hydrogens is 440 g/mol. The molecule has 0 amide bonds. The molecule has 0 aliphatic carbocycles. The van der Waals surface area contributed by atoms with Gasteiger partial charge in [-0.2, -0.15) is 16.8 Å². The third kappa shape index (κ3) is 40.9. The first-order chi connectivity index (χ1) is 9.65. The second-order valence-corrected chi connectivity index (χ2v) is 6.38. The second kappa shape index (κ2) is 23.7. The number of nitrogens with two attached hydrogens (primary N) is 2. The molecule has 0 radical (unpaired) electrons. The van der Waals surface area contributed by atoms with Crippen LogP contribution in [0.25, 0.3) is 0 Å². The molecule has 0 aromatic heterocycles. The van der Waals surface area contributed by atoms with Gasteiger partial charge in [-0.05, 0) is 0 Å². The SMILES string of the molecule is C=C.NC(CS(=O)(=O)O)C(=O)O.NC(CS(=O)(=O)O)C(=O)O.[NaH].[NaH].[NaH].[NaH]. The molecule has 0 aromatic carbocycles. The summed E-state index contributed by atoms with van der Waals surface area (Å²) < 4.78 is 56.0. The molecular formula is C8H22N2Na4O10S2. The molecule has 8 N–H and O–H groups in total. The molecule has 0 saturated carbocycles. The van der Waals surface area contributed by atoms with Crippen LogP contribution in [0.1, 0.15) is 0 Å². The summed E-state index contributed by atoms with van der Waals surface area (Å²) in [4.78, 5) is 19.8. The van der Waals surface area contributed by atoms with Crippen molar-refractivity contribution < 1.29 is 45.7 Å². The van der Waals surface area contributed by atoms with E-state index in [1.54, 1.807) is 0 Å². The van der Waals surface area contributed by atoms with E-state index in [-0.39, 0.29) is 118 Å². The molecule has 2 unspecified atom stereocenters. The van der Waals surface area contributed by atoms with Gasteiger partial charge in [-0.25, -0.2) is 0 Å². The van der Waals surface area contributed by atoms with Crippen LogP contribution in [-0.2, 0) is 29.8 Å². The van der Waals surface area contributed by atoms with Gasteiger partial charge in [0.25, 0.3) is 20.2 Å². The van der Waals surface area contributed by atoms with E-state index < -0.39 is 55.8 Å². The molecule has 0 rings (SSSR count). The van der Waals surface area contributed by atoms with Crippen molar-refractivity contribution in [1.29, 1.82) is 0 Å². The van der Waals surface area contributed by atoms with Crippen molar-refractivity contribution in [2.75, 3.05) is 11.5 Å². The number of carboxylic acids is 2. The van der Waals surface area contributed by atoms with E-state index in [0.717, 1.165) is 0 Å². The molecule has 0 aromatic rings. The third-order valence-electron chi connectivity index (χ3n) is 1.41. The zero-order chi connectivity index (χ0) is 18.7. The van der Waals surface area contributed by atoms with E-state index >= 15 is 0 Å². The zero-order valence-corrected chi connectivity index (χ0v) is 12.8. The van der Waals surface area contributed by atoms with Gasteiger partial charge in [0.1, 0.15) is 23.6 Å². The van der Waals surface area contributed by atoms with E-state index in [9.17, 15) is 26.4 Å². The average molecular weight is 462 g/mol. The van der Waals surface area contributed by atoms with E-state index in [4.69, 9.17) is 30.8 Å². The molecule has 18 heteroatoms. The summed E-state index contributed by atoms with van der Waals surface area (Å²) in [5.41, 5.74) is 9.53. The molecule has 0 heterocycles. The Morgan fingerprint density at radius 1 is 0.731 bits per heavy atom. The molecule has 12 nitrogen and oxygen atoms in total. The summed E-state index contributed by atoms with van der Waals surface area (Å²) >= 11 is 0. The second-order valence-electron chi connectivity index (χ2n) is 3.39. The van der Waals surface area contributed by atoms with Gasteiger partial charge in [0.05, 0.1) is 0 Å². The van der Waals surface area contributed by atoms with Gasteiger partial charge in [0.15, 0.2) is 0 Å². The van der Waals surface area contributed by atoms with Crippen molar-refractivity contribution in [3.63, 3.8) is 0 Å². The standard InChI is InChI=1S/2C3H7NO5S.C2H4.4Na.4H/c2*4-2(3(5)6)1-10(7,8)9;1-2;;;;;;;;/h2*2H,1,4H2,(H,5,6)(H,7,8,9);1-2H2;;;;;;;;. The van der Waals surface area contributed by atoms with Crippen LogP contribution in [-0.4, -0.2) is 190 Å². The molecule has 0 spiro atoms. The maximum absolute atomic E-state index is 9.96. The van der Waals surface area contributed by atoms with Gasteiger partial charge >= 0.3 is 130 Å². The fraction of sp³-hybridized carbons (Fsp3) is 0.500. The quantitative estimate of drug-likeness (QED) is 0.123. The van der Waals surface area contributed by atoms with Crippen LogP contribution in [0.4, 0.5) is 0 Å². The summed E-state index contributed by atoms with van der Waals surface area (Å²) in [6, 6.07) is -3.12. The molecule has 0 bridgehead atoms. The van der Waals surface area contributed by atoms with Crippen molar-refractivity contribution in [2.45, 2.75) is 12.1 Å². The van der Waals surface area contributed by atoms with Gasteiger partial charge < -0.3 is 21.7 Å². The number of hydrogen-bond donors (Lipinski definition) is 6.